The molecule has 0 fully saturated rings. The van der Waals surface area contributed by atoms with Crippen molar-refractivity contribution >= 4 is 37.9 Å². The van der Waals surface area contributed by atoms with Crippen LogP contribution in [0.5, 0.6) is 5.75 Å². The minimum Gasteiger partial charge on any atom is -0.488 e. The summed E-state index contributed by atoms with van der Waals surface area (Å²) >= 11 is 3.42. The van der Waals surface area contributed by atoms with Gasteiger partial charge < -0.3 is 13.6 Å². The van der Waals surface area contributed by atoms with Gasteiger partial charge in [0.1, 0.15) is 23.5 Å². The van der Waals surface area contributed by atoms with Crippen molar-refractivity contribution in [3.8, 4) is 16.9 Å². The molecule has 0 atom stereocenters. The predicted molar refractivity (Wildman–Crippen MR) is 127 cm³/mol. The molecule has 32 heavy (non-hydrogen) atoms. The van der Waals surface area contributed by atoms with E-state index in [1.807, 2.05) is 49.4 Å². The SMILES string of the molecule is Cc1c(OCc2ccc(Br)cc2)ccc2c(-c3cc4ccccc4oc3=O)cc(=O)oc12. The highest BCUT2D eigenvalue weighted by molar-refractivity contribution is 9.10. The maximum atomic E-state index is 12.7. The molecule has 0 saturated carbocycles. The van der Waals surface area contributed by atoms with Gasteiger partial charge in [0.05, 0.1) is 5.56 Å². The van der Waals surface area contributed by atoms with Gasteiger partial charge in [-0.1, -0.05) is 46.3 Å². The zero-order chi connectivity index (χ0) is 22.2. The number of rotatable bonds is 4. The molecule has 0 saturated heterocycles. The second kappa shape index (κ2) is 8.13. The summed E-state index contributed by atoms with van der Waals surface area (Å²) in [5, 5.41) is 1.41. The van der Waals surface area contributed by atoms with E-state index in [0.29, 0.717) is 45.6 Å². The molecule has 0 aliphatic carbocycles. The third-order valence-corrected chi connectivity index (χ3v) is 5.88. The van der Waals surface area contributed by atoms with Gasteiger partial charge in [0.15, 0.2) is 0 Å². The molecule has 0 amide bonds. The van der Waals surface area contributed by atoms with Crippen LogP contribution < -0.4 is 16.0 Å². The van der Waals surface area contributed by atoms with E-state index in [4.69, 9.17) is 13.6 Å². The molecule has 6 heteroatoms. The fraction of sp³-hybridized carbons (Fsp3) is 0.0769. The average molecular weight is 489 g/mol. The van der Waals surface area contributed by atoms with E-state index in [1.54, 1.807) is 24.3 Å². The quantitative estimate of drug-likeness (QED) is 0.281. The van der Waals surface area contributed by atoms with Gasteiger partial charge >= 0.3 is 11.3 Å². The van der Waals surface area contributed by atoms with E-state index < -0.39 is 11.3 Å². The van der Waals surface area contributed by atoms with Crippen LogP contribution in [-0.4, -0.2) is 0 Å². The molecule has 5 rings (SSSR count). The summed E-state index contributed by atoms with van der Waals surface area (Å²) in [4.78, 5) is 25.1. The average Bonchev–Trinajstić information content (AvgIpc) is 2.79. The number of benzene rings is 3. The molecule has 0 N–H and O–H groups in total. The fourth-order valence-electron chi connectivity index (χ4n) is 3.71. The van der Waals surface area contributed by atoms with Crippen LogP contribution in [0.3, 0.4) is 0 Å². The first-order chi connectivity index (χ1) is 15.5. The largest absolute Gasteiger partial charge is 0.488 e. The smallest absolute Gasteiger partial charge is 0.344 e. The van der Waals surface area contributed by atoms with Crippen molar-refractivity contribution in [1.29, 1.82) is 0 Å². The molecular weight excluding hydrogens is 472 g/mol. The van der Waals surface area contributed by atoms with Crippen molar-refractivity contribution in [2.45, 2.75) is 13.5 Å². The molecule has 2 heterocycles. The number of para-hydroxylation sites is 1. The summed E-state index contributed by atoms with van der Waals surface area (Å²) in [5.41, 5.74) is 2.29. The molecular formula is C26H17BrO5. The summed E-state index contributed by atoms with van der Waals surface area (Å²) < 4.78 is 18.0. The molecule has 0 unspecified atom stereocenters. The number of halogens is 1. The van der Waals surface area contributed by atoms with E-state index >= 15 is 0 Å². The lowest BCUT2D eigenvalue weighted by atomic mass is 10.0. The molecule has 0 bridgehead atoms. The fourth-order valence-corrected chi connectivity index (χ4v) is 3.98. The van der Waals surface area contributed by atoms with Crippen LogP contribution in [0.4, 0.5) is 0 Å². The minimum absolute atomic E-state index is 0.310. The Morgan fingerprint density at radius 2 is 1.66 bits per heavy atom. The highest BCUT2D eigenvalue weighted by Crippen LogP contribution is 2.33. The Hall–Kier alpha value is -3.64. The van der Waals surface area contributed by atoms with Crippen LogP contribution >= 0.6 is 15.9 Å². The van der Waals surface area contributed by atoms with Gasteiger partial charge in [-0.05, 0) is 48.9 Å². The first kappa shape index (κ1) is 20.3. The van der Waals surface area contributed by atoms with Crippen LogP contribution in [-0.2, 0) is 6.61 Å². The summed E-state index contributed by atoms with van der Waals surface area (Å²) in [7, 11) is 0. The third-order valence-electron chi connectivity index (χ3n) is 5.35. The van der Waals surface area contributed by atoms with Crippen LogP contribution in [0.1, 0.15) is 11.1 Å². The Kier molecular flexibility index (Phi) is 5.15. The van der Waals surface area contributed by atoms with Crippen LogP contribution in [0.15, 0.2) is 95.7 Å². The van der Waals surface area contributed by atoms with Gasteiger partial charge in [0, 0.05) is 32.4 Å². The lowest BCUT2D eigenvalue weighted by Crippen LogP contribution is -2.07. The number of hydrogen-bond donors (Lipinski definition) is 0. The molecule has 5 nitrogen and oxygen atoms in total. The maximum absolute atomic E-state index is 12.7. The van der Waals surface area contributed by atoms with Crippen LogP contribution in [0.2, 0.25) is 0 Å². The molecule has 5 aromatic rings. The van der Waals surface area contributed by atoms with Crippen molar-refractivity contribution in [3.63, 3.8) is 0 Å². The van der Waals surface area contributed by atoms with Crippen molar-refractivity contribution in [2.24, 2.45) is 0 Å². The number of hydrogen-bond acceptors (Lipinski definition) is 5. The molecule has 2 aromatic heterocycles. The molecule has 3 aromatic carbocycles. The van der Waals surface area contributed by atoms with Gasteiger partial charge in [-0.2, -0.15) is 0 Å². The zero-order valence-corrected chi connectivity index (χ0v) is 18.6. The van der Waals surface area contributed by atoms with Gasteiger partial charge in [-0.15, -0.1) is 0 Å². The van der Waals surface area contributed by atoms with Crippen LogP contribution in [0, 0.1) is 6.92 Å². The van der Waals surface area contributed by atoms with Crippen molar-refractivity contribution in [1.82, 2.24) is 0 Å². The summed E-state index contributed by atoms with van der Waals surface area (Å²) in [6.45, 7) is 2.20. The Morgan fingerprint density at radius 1 is 0.875 bits per heavy atom. The van der Waals surface area contributed by atoms with Gasteiger partial charge in [-0.25, -0.2) is 9.59 Å². The number of aryl methyl sites for hydroxylation is 1. The highest BCUT2D eigenvalue weighted by atomic mass is 79.9. The van der Waals surface area contributed by atoms with E-state index in [-0.39, 0.29) is 0 Å². The lowest BCUT2D eigenvalue weighted by Gasteiger charge is -2.12. The van der Waals surface area contributed by atoms with Crippen molar-refractivity contribution < 1.29 is 13.6 Å². The zero-order valence-electron chi connectivity index (χ0n) is 17.1. The molecule has 0 aliphatic heterocycles. The number of fused-ring (bicyclic) bond motifs is 2. The summed E-state index contributed by atoms with van der Waals surface area (Å²) in [6, 6.07) is 21.8. The predicted octanol–water partition coefficient (Wildman–Crippen LogP) is 6.22. The first-order valence-electron chi connectivity index (χ1n) is 9.97. The van der Waals surface area contributed by atoms with Crippen molar-refractivity contribution in [3.05, 3.63) is 109 Å². The van der Waals surface area contributed by atoms with Crippen LogP contribution in [0.25, 0.3) is 33.1 Å². The first-order valence-corrected chi connectivity index (χ1v) is 10.8. The monoisotopic (exact) mass is 488 g/mol. The minimum atomic E-state index is -0.548. The lowest BCUT2D eigenvalue weighted by molar-refractivity contribution is 0.304. The van der Waals surface area contributed by atoms with E-state index in [9.17, 15) is 9.59 Å². The van der Waals surface area contributed by atoms with Gasteiger partial charge in [0.25, 0.3) is 0 Å². The van der Waals surface area contributed by atoms with Crippen molar-refractivity contribution in [2.75, 3.05) is 0 Å². The third kappa shape index (κ3) is 3.74. The maximum Gasteiger partial charge on any atom is 0.344 e. The molecule has 0 spiro atoms. The van der Waals surface area contributed by atoms with Gasteiger partial charge in [0.2, 0.25) is 0 Å². The second-order valence-corrected chi connectivity index (χ2v) is 8.36. The van der Waals surface area contributed by atoms with Gasteiger partial charge in [-0.3, -0.25) is 0 Å². The number of ether oxygens (including phenoxy) is 1. The topological polar surface area (TPSA) is 69.7 Å². The Labute approximate surface area is 191 Å². The standard InChI is InChI=1S/C26H17BrO5/c1-15-22(30-14-16-6-8-18(27)9-7-16)11-10-19-20(13-24(28)32-25(15)19)21-12-17-4-2-3-5-23(17)31-26(21)29/h2-13H,14H2,1H3. The van der Waals surface area contributed by atoms with E-state index in [0.717, 1.165) is 15.4 Å². The normalized spacial score (nSPS) is 11.2. The molecule has 158 valence electrons. The summed E-state index contributed by atoms with van der Waals surface area (Å²) in [5.74, 6) is 0.603. The molecule has 0 aliphatic rings. The second-order valence-electron chi connectivity index (χ2n) is 7.44. The Balaban J connectivity index is 1.61. The van der Waals surface area contributed by atoms with E-state index in [1.165, 1.54) is 6.07 Å². The highest BCUT2D eigenvalue weighted by Gasteiger charge is 2.16. The van der Waals surface area contributed by atoms with E-state index in [2.05, 4.69) is 15.9 Å². The summed E-state index contributed by atoms with van der Waals surface area (Å²) in [6.07, 6.45) is 0. The Morgan fingerprint density at radius 3 is 2.47 bits per heavy atom. The Bertz CT molecular complexity index is 1580. The molecule has 0 radical (unpaired) electrons.